The van der Waals surface area contributed by atoms with Crippen molar-refractivity contribution < 1.29 is 0 Å². The van der Waals surface area contributed by atoms with Crippen LogP contribution in [0.5, 0.6) is 0 Å². The van der Waals surface area contributed by atoms with Crippen LogP contribution in [0, 0.1) is 0 Å². The average molecular weight is 274 g/mol. The fourth-order valence-electron chi connectivity index (χ4n) is 3.03. The van der Waals surface area contributed by atoms with Crippen molar-refractivity contribution in [1.82, 2.24) is 0 Å². The Balaban J connectivity index is 1.94. The lowest BCUT2D eigenvalue weighted by molar-refractivity contribution is 0.856. The smallest absolute Gasteiger partial charge is 0.00618 e. The second kappa shape index (κ2) is 6.58. The van der Waals surface area contributed by atoms with Crippen LogP contribution in [0.25, 0.3) is 11.1 Å². The predicted octanol–water partition coefficient (Wildman–Crippen LogP) is 5.91. The lowest BCUT2D eigenvalue weighted by atomic mass is 9.86. The van der Waals surface area contributed by atoms with Crippen molar-refractivity contribution in [2.24, 2.45) is 0 Å². The van der Waals surface area contributed by atoms with Crippen LogP contribution in [-0.4, -0.2) is 0 Å². The van der Waals surface area contributed by atoms with Gasteiger partial charge in [0.1, 0.15) is 0 Å². The van der Waals surface area contributed by atoms with Gasteiger partial charge in [0.15, 0.2) is 0 Å². The van der Waals surface area contributed by atoms with Crippen molar-refractivity contribution in [3.8, 4) is 11.1 Å². The van der Waals surface area contributed by atoms with Gasteiger partial charge in [0.25, 0.3) is 0 Å². The van der Waals surface area contributed by atoms with Gasteiger partial charge >= 0.3 is 0 Å². The summed E-state index contributed by atoms with van der Waals surface area (Å²) in [6.07, 6.45) is 12.3. The summed E-state index contributed by atoms with van der Waals surface area (Å²) in [5.74, 6) is 0.501. The van der Waals surface area contributed by atoms with Crippen LogP contribution >= 0.6 is 0 Å². The molecule has 0 amide bonds. The highest BCUT2D eigenvalue weighted by Crippen LogP contribution is 2.33. The molecule has 0 heterocycles. The first kappa shape index (κ1) is 13.9. The zero-order chi connectivity index (χ0) is 14.5. The molecule has 0 aromatic heterocycles. The molecule has 0 aliphatic heterocycles. The van der Waals surface area contributed by atoms with Crippen LogP contribution in [0.2, 0.25) is 0 Å². The molecule has 21 heavy (non-hydrogen) atoms. The topological polar surface area (TPSA) is 0 Å². The van der Waals surface area contributed by atoms with Gasteiger partial charge in [-0.25, -0.2) is 0 Å². The molecule has 0 fully saturated rings. The first-order valence-corrected chi connectivity index (χ1v) is 7.90. The SMILES string of the molecule is CCCc1ccc(-c2ccccc2C2C=CC=CC2)cc1. The molecule has 2 aromatic carbocycles. The van der Waals surface area contributed by atoms with E-state index < -0.39 is 0 Å². The van der Waals surface area contributed by atoms with E-state index in [0.29, 0.717) is 5.92 Å². The average Bonchev–Trinajstić information content (AvgIpc) is 2.57. The van der Waals surface area contributed by atoms with E-state index in [4.69, 9.17) is 0 Å². The van der Waals surface area contributed by atoms with E-state index >= 15 is 0 Å². The minimum atomic E-state index is 0.501. The summed E-state index contributed by atoms with van der Waals surface area (Å²) in [7, 11) is 0. The summed E-state index contributed by atoms with van der Waals surface area (Å²) >= 11 is 0. The maximum Gasteiger partial charge on any atom is 0.00618 e. The summed E-state index contributed by atoms with van der Waals surface area (Å²) in [5.41, 5.74) is 5.56. The van der Waals surface area contributed by atoms with E-state index in [1.807, 2.05) is 0 Å². The molecule has 0 N–H and O–H groups in total. The molecule has 0 saturated carbocycles. The van der Waals surface area contributed by atoms with Crippen molar-refractivity contribution in [2.75, 3.05) is 0 Å². The van der Waals surface area contributed by atoms with Gasteiger partial charge in [-0.05, 0) is 35.1 Å². The summed E-state index contributed by atoms with van der Waals surface area (Å²) in [6, 6.07) is 17.9. The van der Waals surface area contributed by atoms with E-state index in [1.54, 1.807) is 0 Å². The van der Waals surface area contributed by atoms with Crippen molar-refractivity contribution in [1.29, 1.82) is 0 Å². The maximum atomic E-state index is 2.31. The highest BCUT2D eigenvalue weighted by molar-refractivity contribution is 5.69. The molecule has 106 valence electrons. The highest BCUT2D eigenvalue weighted by atomic mass is 14.2. The van der Waals surface area contributed by atoms with E-state index in [1.165, 1.54) is 28.7 Å². The normalized spacial score (nSPS) is 17.1. The fraction of sp³-hybridized carbons (Fsp3) is 0.238. The standard InChI is InChI=1S/C21H22/c1-2-8-17-13-15-19(16-14-17)21-12-7-6-11-20(21)18-9-4-3-5-10-18/h3-7,9,11-16,18H,2,8,10H2,1H3. The molecule has 0 nitrogen and oxygen atoms in total. The minimum absolute atomic E-state index is 0.501. The molecular formula is C21H22. The molecule has 1 aliphatic rings. The molecule has 2 aromatic rings. The van der Waals surface area contributed by atoms with Gasteiger partial charge in [-0.2, -0.15) is 0 Å². The molecule has 3 rings (SSSR count). The van der Waals surface area contributed by atoms with Gasteiger partial charge in [0.05, 0.1) is 0 Å². The predicted molar refractivity (Wildman–Crippen MR) is 91.5 cm³/mol. The van der Waals surface area contributed by atoms with Gasteiger partial charge < -0.3 is 0 Å². The van der Waals surface area contributed by atoms with Gasteiger partial charge in [0, 0.05) is 5.92 Å². The van der Waals surface area contributed by atoms with Gasteiger partial charge in [0.2, 0.25) is 0 Å². The van der Waals surface area contributed by atoms with Crippen LogP contribution in [0.1, 0.15) is 36.8 Å². The second-order valence-electron chi connectivity index (χ2n) is 5.69. The van der Waals surface area contributed by atoms with E-state index in [-0.39, 0.29) is 0 Å². The number of hydrogen-bond donors (Lipinski definition) is 0. The molecule has 1 unspecified atom stereocenters. The number of benzene rings is 2. The second-order valence-corrected chi connectivity index (χ2v) is 5.69. The van der Waals surface area contributed by atoms with Crippen molar-refractivity contribution >= 4 is 0 Å². The lowest BCUT2D eigenvalue weighted by Gasteiger charge is -2.18. The third kappa shape index (κ3) is 3.16. The van der Waals surface area contributed by atoms with Crippen LogP contribution in [0.15, 0.2) is 72.8 Å². The van der Waals surface area contributed by atoms with E-state index in [9.17, 15) is 0 Å². The van der Waals surface area contributed by atoms with Gasteiger partial charge in [-0.15, -0.1) is 0 Å². The summed E-state index contributed by atoms with van der Waals surface area (Å²) < 4.78 is 0. The number of rotatable bonds is 4. The Morgan fingerprint density at radius 3 is 2.48 bits per heavy atom. The summed E-state index contributed by atoms with van der Waals surface area (Å²) in [6.45, 7) is 2.23. The maximum absolute atomic E-state index is 2.31. The lowest BCUT2D eigenvalue weighted by Crippen LogP contribution is -1.99. The Hall–Kier alpha value is -2.08. The molecule has 1 aliphatic carbocycles. The Bertz CT molecular complexity index is 644. The molecule has 0 saturated heterocycles. The Labute approximate surface area is 127 Å². The third-order valence-corrected chi connectivity index (χ3v) is 4.14. The van der Waals surface area contributed by atoms with Crippen LogP contribution in [0.3, 0.4) is 0 Å². The Kier molecular flexibility index (Phi) is 4.35. The van der Waals surface area contributed by atoms with E-state index in [0.717, 1.165) is 12.8 Å². The minimum Gasteiger partial charge on any atom is -0.0836 e. The zero-order valence-corrected chi connectivity index (χ0v) is 12.6. The highest BCUT2D eigenvalue weighted by Gasteiger charge is 2.13. The van der Waals surface area contributed by atoms with E-state index in [2.05, 4.69) is 79.8 Å². The molecule has 0 radical (unpaired) electrons. The number of allylic oxidation sites excluding steroid dienone is 4. The Morgan fingerprint density at radius 2 is 1.76 bits per heavy atom. The van der Waals surface area contributed by atoms with Crippen molar-refractivity contribution in [3.63, 3.8) is 0 Å². The van der Waals surface area contributed by atoms with Crippen LogP contribution in [-0.2, 0) is 6.42 Å². The molecule has 1 atom stereocenters. The van der Waals surface area contributed by atoms with Crippen LogP contribution < -0.4 is 0 Å². The summed E-state index contributed by atoms with van der Waals surface area (Å²) in [5, 5.41) is 0. The third-order valence-electron chi connectivity index (χ3n) is 4.14. The zero-order valence-electron chi connectivity index (χ0n) is 12.6. The van der Waals surface area contributed by atoms with Crippen molar-refractivity contribution in [2.45, 2.75) is 32.1 Å². The monoisotopic (exact) mass is 274 g/mol. The number of hydrogen-bond acceptors (Lipinski definition) is 0. The summed E-state index contributed by atoms with van der Waals surface area (Å²) in [4.78, 5) is 0. The first-order valence-electron chi connectivity index (χ1n) is 7.90. The first-order chi connectivity index (χ1) is 10.4. The molecule has 0 spiro atoms. The molecule has 0 bridgehead atoms. The largest absolute Gasteiger partial charge is 0.0836 e. The quantitative estimate of drug-likeness (QED) is 0.650. The molecule has 0 heteroatoms. The molecular weight excluding hydrogens is 252 g/mol. The van der Waals surface area contributed by atoms with Gasteiger partial charge in [-0.3, -0.25) is 0 Å². The number of aryl methyl sites for hydroxylation is 1. The Morgan fingerprint density at radius 1 is 0.952 bits per heavy atom. The van der Waals surface area contributed by atoms with Gasteiger partial charge in [-0.1, -0.05) is 86.2 Å². The van der Waals surface area contributed by atoms with Crippen LogP contribution in [0.4, 0.5) is 0 Å². The fourth-order valence-corrected chi connectivity index (χ4v) is 3.03. The van der Waals surface area contributed by atoms with Crippen molar-refractivity contribution in [3.05, 3.63) is 84.0 Å².